The minimum atomic E-state index is -1.27. The monoisotopic (exact) mass is 620 g/mol. The van der Waals surface area contributed by atoms with Crippen LogP contribution in [0.1, 0.15) is 119 Å². The first-order chi connectivity index (χ1) is 18.8. The van der Waals surface area contributed by atoms with E-state index in [2.05, 4.69) is 121 Å². The third-order valence-corrected chi connectivity index (χ3v) is 9.64. The molecular weight excluding hydrogens is 565 g/mol. The molecule has 5 nitrogen and oxygen atoms in total. The third kappa shape index (κ3) is 9.31. The lowest BCUT2D eigenvalue weighted by Gasteiger charge is -2.34. The molecule has 0 aliphatic rings. The first-order valence-electron chi connectivity index (χ1n) is 14.8. The molecule has 0 unspecified atom stereocenters. The molecule has 2 atom stereocenters. The molecule has 2 aromatic rings. The summed E-state index contributed by atoms with van der Waals surface area (Å²) in [4.78, 5) is 2.20. The van der Waals surface area contributed by atoms with Gasteiger partial charge in [0, 0.05) is 26.5 Å². The van der Waals surface area contributed by atoms with Gasteiger partial charge in [-0.25, -0.2) is 0 Å². The van der Waals surface area contributed by atoms with Crippen LogP contribution in [-0.2, 0) is 21.7 Å². The number of aromatic hydroxyl groups is 1. The Balaban J connectivity index is 2.65. The van der Waals surface area contributed by atoms with Gasteiger partial charge in [0.2, 0.25) is 0 Å². The minimum absolute atomic E-state index is 0.126. The summed E-state index contributed by atoms with van der Waals surface area (Å²) in [6.07, 6.45) is -2.47. The Morgan fingerprint density at radius 3 is 1.55 bits per heavy atom. The molecule has 0 aliphatic heterocycles. The van der Waals surface area contributed by atoms with E-state index >= 15 is 0 Å². The van der Waals surface area contributed by atoms with Crippen LogP contribution in [0.2, 0.25) is 0 Å². The van der Waals surface area contributed by atoms with E-state index in [0.717, 1.165) is 37.8 Å². The summed E-state index contributed by atoms with van der Waals surface area (Å²) in [6, 6.07) is 8.55. The van der Waals surface area contributed by atoms with Crippen molar-refractivity contribution in [2.45, 2.75) is 145 Å². The van der Waals surface area contributed by atoms with E-state index in [1.165, 1.54) is 0 Å². The second kappa shape index (κ2) is 12.9. The van der Waals surface area contributed by atoms with Crippen molar-refractivity contribution in [3.63, 3.8) is 0 Å². The van der Waals surface area contributed by atoms with E-state index < -0.39 is 18.8 Å². The molecule has 0 spiro atoms. The number of thioether (sulfide) groups is 2. The fraction of sp³-hybridized carbons (Fsp3) is 0.657. The number of aliphatic hydroxyl groups excluding tert-OH is 3. The molecule has 42 heavy (non-hydrogen) atoms. The van der Waals surface area contributed by atoms with Gasteiger partial charge in [-0.2, -0.15) is 0 Å². The standard InChI is InChI=1S/C35H56O5S2/c1-31(2,3)22-15-16-27(28(34(10,11)12)30(22)40-20-26(38)25(37)19-36)42-35(13,14)41-21-17-23(32(4,5)6)29(39)24(18-21)33(7,8)9/h15-18,25-26,36-39H,19-20H2,1-14H3/t25-,26-/m1/s1. The molecule has 4 N–H and O–H groups in total. The van der Waals surface area contributed by atoms with Crippen LogP contribution in [-0.4, -0.2) is 49.9 Å². The molecule has 0 bridgehead atoms. The third-order valence-electron chi connectivity index (χ3n) is 7.13. The molecule has 2 rings (SSSR count). The van der Waals surface area contributed by atoms with Crippen LogP contribution in [0, 0.1) is 0 Å². The molecule has 0 aliphatic carbocycles. The van der Waals surface area contributed by atoms with Crippen molar-refractivity contribution in [3.05, 3.63) is 46.5 Å². The normalized spacial score (nSPS) is 15.1. The molecule has 7 heteroatoms. The molecule has 0 radical (unpaired) electrons. The van der Waals surface area contributed by atoms with Crippen molar-refractivity contribution >= 4 is 23.5 Å². The topological polar surface area (TPSA) is 90.2 Å². The number of hydrogen-bond donors (Lipinski definition) is 4. The van der Waals surface area contributed by atoms with Gasteiger partial charge in [-0.15, -0.1) is 23.5 Å². The van der Waals surface area contributed by atoms with E-state index in [1.807, 2.05) is 0 Å². The zero-order valence-electron chi connectivity index (χ0n) is 28.4. The fourth-order valence-corrected chi connectivity index (χ4v) is 7.69. The number of phenols is 1. The molecule has 238 valence electrons. The zero-order chi connectivity index (χ0) is 32.6. The van der Waals surface area contributed by atoms with Crippen LogP contribution in [0.3, 0.4) is 0 Å². The van der Waals surface area contributed by atoms with Gasteiger partial charge >= 0.3 is 0 Å². The largest absolute Gasteiger partial charge is 0.507 e. The maximum absolute atomic E-state index is 11.2. The van der Waals surface area contributed by atoms with Gasteiger partial charge in [0.05, 0.1) is 10.7 Å². The first kappa shape index (κ1) is 36.8. The second-order valence-electron chi connectivity index (χ2n) is 15.9. The van der Waals surface area contributed by atoms with E-state index in [4.69, 9.17) is 4.74 Å². The number of rotatable bonds is 9. The first-order valence-corrected chi connectivity index (χ1v) is 16.5. The number of phenolic OH excluding ortho intramolecular Hbond substituents is 1. The van der Waals surface area contributed by atoms with Gasteiger partial charge in [0.1, 0.15) is 30.3 Å². The highest BCUT2D eigenvalue weighted by atomic mass is 32.2. The van der Waals surface area contributed by atoms with E-state index in [0.29, 0.717) is 5.75 Å². The summed E-state index contributed by atoms with van der Waals surface area (Å²) >= 11 is 3.55. The van der Waals surface area contributed by atoms with E-state index in [-0.39, 0.29) is 32.3 Å². The molecule has 0 saturated carbocycles. The highest BCUT2D eigenvalue weighted by Crippen LogP contribution is 2.52. The molecular formula is C35H56O5S2. The van der Waals surface area contributed by atoms with Crippen molar-refractivity contribution < 1.29 is 25.2 Å². The summed E-state index contributed by atoms with van der Waals surface area (Å²) in [7, 11) is 0. The second-order valence-corrected chi connectivity index (χ2v) is 19.5. The lowest BCUT2D eigenvalue weighted by Crippen LogP contribution is -2.35. The van der Waals surface area contributed by atoms with Crippen molar-refractivity contribution in [1.82, 2.24) is 0 Å². The fourth-order valence-electron chi connectivity index (χ4n) is 4.88. The highest BCUT2D eigenvalue weighted by Gasteiger charge is 2.34. The smallest absolute Gasteiger partial charge is 0.128 e. The average Bonchev–Trinajstić information content (AvgIpc) is 2.79. The van der Waals surface area contributed by atoms with Crippen LogP contribution < -0.4 is 4.74 Å². The lowest BCUT2D eigenvalue weighted by molar-refractivity contribution is -0.0344. The molecule has 0 fully saturated rings. The highest BCUT2D eigenvalue weighted by molar-refractivity contribution is 8.18. The van der Waals surface area contributed by atoms with Crippen LogP contribution in [0.4, 0.5) is 0 Å². The average molecular weight is 621 g/mol. The summed E-state index contributed by atoms with van der Waals surface area (Å²) in [5.74, 6) is 1.10. The van der Waals surface area contributed by atoms with Crippen molar-refractivity contribution in [2.75, 3.05) is 13.2 Å². The van der Waals surface area contributed by atoms with Crippen molar-refractivity contribution in [3.8, 4) is 11.5 Å². The number of hydrogen-bond acceptors (Lipinski definition) is 7. The number of benzene rings is 2. The molecule has 0 amide bonds. The van der Waals surface area contributed by atoms with E-state index in [9.17, 15) is 20.4 Å². The lowest BCUT2D eigenvalue weighted by atomic mass is 9.79. The Kier molecular flexibility index (Phi) is 11.3. The number of ether oxygens (including phenoxy) is 1. The quantitative estimate of drug-likeness (QED) is 0.166. The molecule has 0 aromatic heterocycles. The van der Waals surface area contributed by atoms with E-state index in [1.54, 1.807) is 23.5 Å². The Bertz CT molecular complexity index is 1190. The van der Waals surface area contributed by atoms with Crippen molar-refractivity contribution in [1.29, 1.82) is 0 Å². The van der Waals surface area contributed by atoms with Gasteiger partial charge in [-0.1, -0.05) is 89.2 Å². The SMILES string of the molecule is CC(C)(Sc1cc(C(C)(C)C)c(O)c(C(C)(C)C)c1)Sc1ccc(C(C)(C)C)c(OC[C@@H](O)[C@H](O)CO)c1C(C)(C)C. The Morgan fingerprint density at radius 1 is 0.667 bits per heavy atom. The Hall–Kier alpha value is -1.38. The predicted molar refractivity (Wildman–Crippen MR) is 180 cm³/mol. The maximum atomic E-state index is 11.2. The van der Waals surface area contributed by atoms with Crippen molar-refractivity contribution in [2.24, 2.45) is 0 Å². The van der Waals surface area contributed by atoms with Gasteiger partial charge in [-0.05, 0) is 59.3 Å². The Morgan fingerprint density at radius 2 is 1.14 bits per heavy atom. The van der Waals surface area contributed by atoms with Gasteiger partial charge in [0.15, 0.2) is 0 Å². The van der Waals surface area contributed by atoms with Gasteiger partial charge in [-0.3, -0.25) is 0 Å². The summed E-state index contributed by atoms with van der Waals surface area (Å²) < 4.78 is 6.05. The Labute approximate surface area is 263 Å². The van der Waals surface area contributed by atoms with Gasteiger partial charge in [0.25, 0.3) is 0 Å². The maximum Gasteiger partial charge on any atom is 0.128 e. The van der Waals surface area contributed by atoms with Crippen LogP contribution in [0.5, 0.6) is 11.5 Å². The number of aliphatic hydroxyl groups is 3. The van der Waals surface area contributed by atoms with Crippen LogP contribution in [0.15, 0.2) is 34.1 Å². The summed E-state index contributed by atoms with van der Waals surface area (Å²) in [6.45, 7) is 29.5. The molecule has 0 heterocycles. The zero-order valence-corrected chi connectivity index (χ0v) is 30.0. The molecule has 2 aromatic carbocycles. The van der Waals surface area contributed by atoms with Crippen LogP contribution in [0.25, 0.3) is 0 Å². The summed E-state index contributed by atoms with van der Waals surface area (Å²) in [5, 5.41) is 40.9. The predicted octanol–water partition coefficient (Wildman–Crippen LogP) is 8.30. The molecule has 0 saturated heterocycles. The minimum Gasteiger partial charge on any atom is -0.507 e. The van der Waals surface area contributed by atoms with Crippen LogP contribution >= 0.6 is 23.5 Å². The summed E-state index contributed by atoms with van der Waals surface area (Å²) in [5.41, 5.74) is 3.05. The van der Waals surface area contributed by atoms with Gasteiger partial charge < -0.3 is 25.2 Å².